The van der Waals surface area contributed by atoms with Gasteiger partial charge in [-0.1, -0.05) is 0 Å². The van der Waals surface area contributed by atoms with Crippen molar-refractivity contribution in [3.8, 4) is 11.5 Å². The topological polar surface area (TPSA) is 48.5 Å². The molecule has 96 valence electrons. The molecule has 4 nitrogen and oxygen atoms in total. The summed E-state index contributed by atoms with van der Waals surface area (Å²) >= 11 is 0. The third-order valence-corrected chi connectivity index (χ3v) is 4.03. The lowest BCUT2D eigenvalue weighted by Crippen LogP contribution is -2.30. The zero-order valence-corrected chi connectivity index (χ0v) is 10.9. The van der Waals surface area contributed by atoms with Crippen LogP contribution in [0.5, 0.6) is 11.5 Å². The molecule has 2 aromatic rings. The summed E-state index contributed by atoms with van der Waals surface area (Å²) in [7, 11) is 3.72. The zero-order chi connectivity index (χ0) is 12.9. The number of phenols is 1. The second-order valence-electron chi connectivity index (χ2n) is 4.99. The number of rotatable bonds is 1. The maximum atomic E-state index is 9.83. The van der Waals surface area contributed by atoms with E-state index in [2.05, 4.69) is 23.9 Å². The van der Waals surface area contributed by atoms with Gasteiger partial charge in [0, 0.05) is 35.2 Å². The van der Waals surface area contributed by atoms with Crippen LogP contribution in [0, 0.1) is 0 Å². The van der Waals surface area contributed by atoms with Gasteiger partial charge in [0.15, 0.2) is 11.5 Å². The van der Waals surface area contributed by atoms with E-state index in [4.69, 9.17) is 4.74 Å². The summed E-state index contributed by atoms with van der Waals surface area (Å²) in [5.74, 6) is 0.723. The van der Waals surface area contributed by atoms with Gasteiger partial charge in [-0.25, -0.2) is 0 Å². The van der Waals surface area contributed by atoms with Crippen LogP contribution in [0.15, 0.2) is 12.1 Å². The summed E-state index contributed by atoms with van der Waals surface area (Å²) < 4.78 is 5.19. The Hall–Kier alpha value is -1.68. The van der Waals surface area contributed by atoms with Gasteiger partial charge in [0.2, 0.25) is 0 Å². The predicted molar refractivity (Wildman–Crippen MR) is 71.3 cm³/mol. The SMILES string of the molecule is COc1cc2c3c([nH]c2cc1O)C(C)N(C)CC3. The van der Waals surface area contributed by atoms with E-state index >= 15 is 0 Å². The number of aromatic hydroxyl groups is 1. The number of fused-ring (bicyclic) bond motifs is 3. The molecule has 0 saturated heterocycles. The fourth-order valence-corrected chi connectivity index (χ4v) is 2.78. The Labute approximate surface area is 106 Å². The van der Waals surface area contributed by atoms with Gasteiger partial charge in [-0.2, -0.15) is 0 Å². The van der Waals surface area contributed by atoms with E-state index in [1.54, 1.807) is 13.2 Å². The molecule has 0 amide bonds. The minimum atomic E-state index is 0.185. The van der Waals surface area contributed by atoms with Crippen LogP contribution >= 0.6 is 0 Å². The highest BCUT2D eigenvalue weighted by Crippen LogP contribution is 2.38. The summed E-state index contributed by atoms with van der Waals surface area (Å²) in [4.78, 5) is 5.76. The van der Waals surface area contributed by atoms with E-state index in [1.807, 2.05) is 6.07 Å². The number of aromatic amines is 1. The number of nitrogens with zero attached hydrogens (tertiary/aromatic N) is 1. The van der Waals surface area contributed by atoms with Crippen molar-refractivity contribution in [2.24, 2.45) is 0 Å². The number of phenolic OH excluding ortho intramolecular Hbond substituents is 1. The molecule has 0 bridgehead atoms. The molecule has 0 radical (unpaired) electrons. The van der Waals surface area contributed by atoms with Crippen molar-refractivity contribution in [1.29, 1.82) is 0 Å². The van der Waals surface area contributed by atoms with Gasteiger partial charge in [-0.05, 0) is 32.0 Å². The predicted octanol–water partition coefficient (Wildman–Crippen LogP) is 2.43. The molecule has 4 heteroatoms. The van der Waals surface area contributed by atoms with Crippen LogP contribution in [-0.4, -0.2) is 35.7 Å². The van der Waals surface area contributed by atoms with Gasteiger partial charge in [0.1, 0.15) is 0 Å². The number of aromatic nitrogens is 1. The van der Waals surface area contributed by atoms with Crippen LogP contribution in [0.25, 0.3) is 10.9 Å². The monoisotopic (exact) mass is 246 g/mol. The first kappa shape index (κ1) is 11.4. The van der Waals surface area contributed by atoms with Crippen LogP contribution in [0.1, 0.15) is 24.2 Å². The van der Waals surface area contributed by atoms with Crippen molar-refractivity contribution < 1.29 is 9.84 Å². The quantitative estimate of drug-likeness (QED) is 0.812. The number of likely N-dealkylation sites (N-methyl/N-ethyl adjacent to an activating group) is 1. The third kappa shape index (κ3) is 1.49. The molecule has 0 spiro atoms. The van der Waals surface area contributed by atoms with Crippen LogP contribution in [0.2, 0.25) is 0 Å². The minimum absolute atomic E-state index is 0.185. The Bertz CT molecular complexity index is 603. The van der Waals surface area contributed by atoms with Crippen molar-refractivity contribution in [3.05, 3.63) is 23.4 Å². The molecule has 1 unspecified atom stereocenters. The van der Waals surface area contributed by atoms with Crippen LogP contribution < -0.4 is 4.74 Å². The maximum absolute atomic E-state index is 9.83. The molecule has 18 heavy (non-hydrogen) atoms. The Balaban J connectivity index is 2.24. The summed E-state index contributed by atoms with van der Waals surface area (Å²) in [6, 6.07) is 4.06. The number of H-pyrrole nitrogens is 1. The lowest BCUT2D eigenvalue weighted by atomic mass is 9.99. The van der Waals surface area contributed by atoms with Gasteiger partial charge < -0.3 is 14.8 Å². The molecule has 1 aromatic heterocycles. The largest absolute Gasteiger partial charge is 0.504 e. The van der Waals surface area contributed by atoms with E-state index in [1.165, 1.54) is 16.6 Å². The number of hydrogen-bond donors (Lipinski definition) is 2. The van der Waals surface area contributed by atoms with Crippen molar-refractivity contribution >= 4 is 10.9 Å². The Morgan fingerprint density at radius 2 is 2.22 bits per heavy atom. The summed E-state index contributed by atoms with van der Waals surface area (Å²) in [6.45, 7) is 3.26. The Kier molecular flexibility index (Phi) is 2.48. The maximum Gasteiger partial charge on any atom is 0.161 e. The molecule has 1 aliphatic rings. The summed E-state index contributed by atoms with van der Waals surface area (Å²) in [6.07, 6.45) is 1.03. The molecule has 3 rings (SSSR count). The van der Waals surface area contributed by atoms with Crippen LogP contribution in [0.4, 0.5) is 0 Å². The lowest BCUT2D eigenvalue weighted by molar-refractivity contribution is 0.244. The van der Waals surface area contributed by atoms with Crippen molar-refractivity contribution in [1.82, 2.24) is 9.88 Å². The summed E-state index contributed by atoms with van der Waals surface area (Å²) in [5, 5.41) is 11.0. The van der Waals surface area contributed by atoms with Crippen molar-refractivity contribution in [2.75, 3.05) is 20.7 Å². The molecule has 1 aliphatic heterocycles. The fraction of sp³-hybridized carbons (Fsp3) is 0.429. The van der Waals surface area contributed by atoms with Gasteiger partial charge >= 0.3 is 0 Å². The highest BCUT2D eigenvalue weighted by atomic mass is 16.5. The average Bonchev–Trinajstić information content (AvgIpc) is 2.71. The molecule has 0 fully saturated rings. The first-order chi connectivity index (χ1) is 8.61. The lowest BCUT2D eigenvalue weighted by Gasteiger charge is -2.29. The Morgan fingerprint density at radius 1 is 1.44 bits per heavy atom. The van der Waals surface area contributed by atoms with E-state index in [-0.39, 0.29) is 5.75 Å². The minimum Gasteiger partial charge on any atom is -0.504 e. The second-order valence-corrected chi connectivity index (χ2v) is 4.99. The zero-order valence-electron chi connectivity index (χ0n) is 10.9. The van der Waals surface area contributed by atoms with Crippen LogP contribution in [0.3, 0.4) is 0 Å². The third-order valence-electron chi connectivity index (χ3n) is 4.03. The first-order valence-corrected chi connectivity index (χ1v) is 6.23. The number of hydrogen-bond acceptors (Lipinski definition) is 3. The van der Waals surface area contributed by atoms with Crippen molar-refractivity contribution in [3.63, 3.8) is 0 Å². The van der Waals surface area contributed by atoms with Gasteiger partial charge in [-0.15, -0.1) is 0 Å². The van der Waals surface area contributed by atoms with E-state index in [9.17, 15) is 5.11 Å². The van der Waals surface area contributed by atoms with Gasteiger partial charge in [0.05, 0.1) is 7.11 Å². The van der Waals surface area contributed by atoms with Crippen LogP contribution in [-0.2, 0) is 6.42 Å². The number of nitrogens with one attached hydrogen (secondary N) is 1. The second kappa shape index (κ2) is 3.92. The van der Waals surface area contributed by atoms with E-state index in [0.717, 1.165) is 18.5 Å². The molecular weight excluding hydrogens is 228 g/mol. The summed E-state index contributed by atoms with van der Waals surface area (Å²) in [5.41, 5.74) is 3.60. The van der Waals surface area contributed by atoms with E-state index in [0.29, 0.717) is 11.8 Å². The molecule has 1 atom stereocenters. The number of methoxy groups -OCH3 is 1. The Morgan fingerprint density at radius 3 is 2.94 bits per heavy atom. The normalized spacial score (nSPS) is 20.1. The molecule has 1 aromatic carbocycles. The van der Waals surface area contributed by atoms with Crippen molar-refractivity contribution in [2.45, 2.75) is 19.4 Å². The van der Waals surface area contributed by atoms with E-state index < -0.39 is 0 Å². The highest BCUT2D eigenvalue weighted by molar-refractivity contribution is 5.88. The van der Waals surface area contributed by atoms with Gasteiger partial charge in [0.25, 0.3) is 0 Å². The molecular formula is C14H18N2O2. The fourth-order valence-electron chi connectivity index (χ4n) is 2.78. The first-order valence-electron chi connectivity index (χ1n) is 6.23. The molecule has 2 heterocycles. The highest BCUT2D eigenvalue weighted by Gasteiger charge is 2.25. The molecule has 0 aliphatic carbocycles. The molecule has 0 saturated carbocycles. The number of benzene rings is 1. The van der Waals surface area contributed by atoms with Gasteiger partial charge in [-0.3, -0.25) is 4.90 Å². The smallest absolute Gasteiger partial charge is 0.161 e. The number of ether oxygens (including phenoxy) is 1. The standard InChI is InChI=1S/C14H18N2O2/c1-8-14-9(4-5-16(8)2)10-6-13(18-3)12(17)7-11(10)15-14/h6-8,15,17H,4-5H2,1-3H3. The average molecular weight is 246 g/mol. The molecule has 2 N–H and O–H groups in total.